The van der Waals surface area contributed by atoms with Crippen LogP contribution in [0, 0.1) is 0 Å². The molecule has 0 radical (unpaired) electrons. The highest BCUT2D eigenvalue weighted by atomic mass is 32.2. The Morgan fingerprint density at radius 3 is 2.79 bits per heavy atom. The van der Waals surface area contributed by atoms with Crippen molar-refractivity contribution in [2.24, 2.45) is 0 Å². The van der Waals surface area contributed by atoms with Gasteiger partial charge in [-0.1, -0.05) is 6.07 Å². The van der Waals surface area contributed by atoms with Crippen LogP contribution in [0.4, 0.5) is 0 Å². The predicted molar refractivity (Wildman–Crippen MR) is 57.7 cm³/mol. The normalized spacial score (nSPS) is 10.6. The van der Waals surface area contributed by atoms with Gasteiger partial charge in [0.25, 0.3) is 0 Å². The molecule has 2 N–H and O–H groups in total. The van der Waals surface area contributed by atoms with E-state index in [-0.39, 0.29) is 11.3 Å². The number of hydrogen-bond donors (Lipinski definition) is 3. The van der Waals surface area contributed by atoms with Crippen molar-refractivity contribution in [3.05, 3.63) is 23.8 Å². The van der Waals surface area contributed by atoms with E-state index in [1.807, 2.05) is 0 Å². The van der Waals surface area contributed by atoms with Crippen LogP contribution in [0.1, 0.15) is 10.4 Å². The highest BCUT2D eigenvalue weighted by molar-refractivity contribution is 7.83. The standard InChI is InChI=1S/C9H6O3S2/c10-6-4-2-1-3-5(8(11)12)7(4)14-9(6)13/h1-3,10,13H,(H,11,12). The van der Waals surface area contributed by atoms with Gasteiger partial charge < -0.3 is 10.2 Å². The van der Waals surface area contributed by atoms with Crippen LogP contribution in [-0.2, 0) is 0 Å². The number of benzene rings is 1. The van der Waals surface area contributed by atoms with Gasteiger partial charge in [0.2, 0.25) is 0 Å². The molecule has 2 aromatic rings. The SMILES string of the molecule is O=C(O)c1cccc2c(O)c(S)sc12. The molecule has 0 aliphatic rings. The summed E-state index contributed by atoms with van der Waals surface area (Å²) in [5.74, 6) is -0.943. The molecule has 0 saturated heterocycles. The van der Waals surface area contributed by atoms with E-state index >= 15 is 0 Å². The molecule has 0 amide bonds. The second kappa shape index (κ2) is 3.18. The van der Waals surface area contributed by atoms with Gasteiger partial charge in [0.15, 0.2) is 0 Å². The number of aromatic hydroxyl groups is 1. The molecule has 1 aromatic heterocycles. The summed E-state index contributed by atoms with van der Waals surface area (Å²) in [6, 6.07) is 4.78. The smallest absolute Gasteiger partial charge is 0.337 e. The molecule has 0 bridgehead atoms. The quantitative estimate of drug-likeness (QED) is 0.655. The highest BCUT2D eigenvalue weighted by Gasteiger charge is 2.14. The lowest BCUT2D eigenvalue weighted by atomic mass is 10.1. The van der Waals surface area contributed by atoms with Crippen LogP contribution in [-0.4, -0.2) is 16.2 Å². The van der Waals surface area contributed by atoms with Crippen LogP contribution in [0.15, 0.2) is 22.4 Å². The zero-order valence-corrected chi connectivity index (χ0v) is 8.60. The number of rotatable bonds is 1. The van der Waals surface area contributed by atoms with Crippen molar-refractivity contribution in [1.82, 2.24) is 0 Å². The van der Waals surface area contributed by atoms with E-state index in [4.69, 9.17) is 5.11 Å². The average molecular weight is 226 g/mol. The van der Waals surface area contributed by atoms with E-state index in [0.29, 0.717) is 14.3 Å². The Labute approximate surface area is 89.0 Å². The van der Waals surface area contributed by atoms with E-state index in [2.05, 4.69) is 12.6 Å². The summed E-state index contributed by atoms with van der Waals surface area (Å²) in [4.78, 5) is 10.8. The number of carboxylic acids is 1. The molecule has 0 unspecified atom stereocenters. The fourth-order valence-corrected chi connectivity index (χ4v) is 2.60. The summed E-state index contributed by atoms with van der Waals surface area (Å²) in [6.45, 7) is 0. The number of thiol groups is 1. The zero-order chi connectivity index (χ0) is 10.3. The Morgan fingerprint density at radius 2 is 2.14 bits per heavy atom. The molecule has 0 spiro atoms. The van der Waals surface area contributed by atoms with Crippen LogP contribution in [0.25, 0.3) is 10.1 Å². The fourth-order valence-electron chi connectivity index (χ4n) is 1.26. The number of hydrogen-bond acceptors (Lipinski definition) is 4. The molecule has 0 atom stereocenters. The van der Waals surface area contributed by atoms with Crippen molar-refractivity contribution in [1.29, 1.82) is 0 Å². The van der Waals surface area contributed by atoms with Gasteiger partial charge in [0, 0.05) is 5.39 Å². The maximum absolute atomic E-state index is 10.8. The summed E-state index contributed by atoms with van der Waals surface area (Å²) in [5.41, 5.74) is 0.197. The number of carboxylic acid groups (broad SMARTS) is 1. The summed E-state index contributed by atoms with van der Waals surface area (Å²) < 4.78 is 0.996. The molecule has 1 aromatic carbocycles. The minimum absolute atomic E-state index is 0.0523. The molecule has 0 aliphatic heterocycles. The van der Waals surface area contributed by atoms with Gasteiger partial charge in [-0.3, -0.25) is 0 Å². The van der Waals surface area contributed by atoms with Crippen molar-refractivity contribution in [2.45, 2.75) is 4.21 Å². The first kappa shape index (κ1) is 9.36. The molecular weight excluding hydrogens is 220 g/mol. The van der Waals surface area contributed by atoms with Crippen molar-refractivity contribution in [2.75, 3.05) is 0 Å². The van der Waals surface area contributed by atoms with Gasteiger partial charge in [-0.15, -0.1) is 24.0 Å². The number of thiophene rings is 1. The summed E-state index contributed by atoms with van der Waals surface area (Å²) in [6.07, 6.45) is 0. The van der Waals surface area contributed by atoms with Gasteiger partial charge >= 0.3 is 5.97 Å². The lowest BCUT2D eigenvalue weighted by Crippen LogP contribution is -1.94. The zero-order valence-electron chi connectivity index (χ0n) is 6.89. The molecule has 3 nitrogen and oxygen atoms in total. The first-order chi connectivity index (χ1) is 6.61. The van der Waals surface area contributed by atoms with Gasteiger partial charge in [-0.2, -0.15) is 0 Å². The Kier molecular flexibility index (Phi) is 2.13. The highest BCUT2D eigenvalue weighted by Crippen LogP contribution is 2.40. The average Bonchev–Trinajstić information content (AvgIpc) is 2.43. The summed E-state index contributed by atoms with van der Waals surface area (Å²) in [7, 11) is 0. The Balaban J connectivity index is 2.88. The largest absolute Gasteiger partial charge is 0.505 e. The van der Waals surface area contributed by atoms with E-state index < -0.39 is 5.97 Å². The maximum Gasteiger partial charge on any atom is 0.337 e. The Hall–Kier alpha value is -1.20. The molecule has 0 fully saturated rings. The van der Waals surface area contributed by atoms with Crippen molar-refractivity contribution >= 4 is 40.0 Å². The van der Waals surface area contributed by atoms with Crippen molar-refractivity contribution in [3.8, 4) is 5.75 Å². The third kappa shape index (κ3) is 1.25. The minimum atomic E-state index is -0.995. The topological polar surface area (TPSA) is 57.5 Å². The Morgan fingerprint density at radius 1 is 1.43 bits per heavy atom. The number of aromatic carboxylic acids is 1. The maximum atomic E-state index is 10.8. The third-order valence-electron chi connectivity index (χ3n) is 1.90. The van der Waals surface area contributed by atoms with Crippen molar-refractivity contribution in [3.63, 3.8) is 0 Å². The van der Waals surface area contributed by atoms with Crippen LogP contribution >= 0.6 is 24.0 Å². The fraction of sp³-hybridized carbons (Fsp3) is 0. The third-order valence-corrected chi connectivity index (χ3v) is 3.42. The molecule has 0 aliphatic carbocycles. The summed E-state index contributed by atoms with van der Waals surface area (Å²) >= 11 is 5.21. The van der Waals surface area contributed by atoms with Crippen LogP contribution < -0.4 is 0 Å². The lowest BCUT2D eigenvalue weighted by molar-refractivity contribution is 0.0699. The van der Waals surface area contributed by atoms with Gasteiger partial charge in [-0.05, 0) is 12.1 Å². The Bertz CT molecular complexity index is 516. The molecular formula is C9H6O3S2. The predicted octanol–water partition coefficient (Wildman–Crippen LogP) is 2.59. The molecule has 5 heteroatoms. The van der Waals surface area contributed by atoms with Gasteiger partial charge in [0.1, 0.15) is 5.75 Å². The van der Waals surface area contributed by atoms with E-state index in [0.717, 1.165) is 0 Å². The molecule has 2 rings (SSSR count). The molecule has 72 valence electrons. The molecule has 1 heterocycles. The first-order valence-corrected chi connectivity index (χ1v) is 5.04. The first-order valence-electron chi connectivity index (χ1n) is 3.78. The summed E-state index contributed by atoms with van der Waals surface area (Å²) in [5, 5.41) is 19.0. The van der Waals surface area contributed by atoms with Crippen LogP contribution in [0.2, 0.25) is 0 Å². The monoisotopic (exact) mass is 226 g/mol. The van der Waals surface area contributed by atoms with Gasteiger partial charge in [-0.25, -0.2) is 4.79 Å². The number of carbonyl (C=O) groups is 1. The van der Waals surface area contributed by atoms with Crippen LogP contribution in [0.3, 0.4) is 0 Å². The van der Waals surface area contributed by atoms with Gasteiger partial charge in [0.05, 0.1) is 14.5 Å². The van der Waals surface area contributed by atoms with E-state index in [9.17, 15) is 9.90 Å². The van der Waals surface area contributed by atoms with E-state index in [1.54, 1.807) is 12.1 Å². The second-order valence-electron chi connectivity index (χ2n) is 2.74. The van der Waals surface area contributed by atoms with E-state index in [1.165, 1.54) is 17.4 Å². The minimum Gasteiger partial charge on any atom is -0.505 e. The van der Waals surface area contributed by atoms with Crippen LogP contribution in [0.5, 0.6) is 5.75 Å². The second-order valence-corrected chi connectivity index (χ2v) is 4.51. The molecule has 0 saturated carbocycles. The number of fused-ring (bicyclic) bond motifs is 1. The lowest BCUT2D eigenvalue weighted by Gasteiger charge is -1.95. The molecule has 14 heavy (non-hydrogen) atoms. The van der Waals surface area contributed by atoms with Crippen molar-refractivity contribution < 1.29 is 15.0 Å².